The molecule has 0 radical (unpaired) electrons. The van der Waals surface area contributed by atoms with Crippen molar-refractivity contribution in [1.82, 2.24) is 39.4 Å². The van der Waals surface area contributed by atoms with Gasteiger partial charge in [0.2, 0.25) is 0 Å². The molecule has 4 saturated heterocycles. The Hall–Kier alpha value is -5.57. The molecule has 6 aliphatic rings. The highest BCUT2D eigenvalue weighted by Gasteiger charge is 2.44. The van der Waals surface area contributed by atoms with Gasteiger partial charge >= 0.3 is 12.2 Å². The van der Waals surface area contributed by atoms with Crippen LogP contribution in [0.3, 0.4) is 0 Å². The van der Waals surface area contributed by atoms with Crippen LogP contribution in [0.25, 0.3) is 44.3 Å². The number of nitrogens with zero attached hydrogens (tertiary/aromatic N) is 6. The first-order valence-corrected chi connectivity index (χ1v) is 34.9. The van der Waals surface area contributed by atoms with Crippen LogP contribution < -0.4 is 20.1 Å². The van der Waals surface area contributed by atoms with Crippen molar-refractivity contribution in [2.75, 3.05) is 91.9 Å². The van der Waals surface area contributed by atoms with Crippen LogP contribution in [0.15, 0.2) is 60.7 Å². The van der Waals surface area contributed by atoms with Crippen molar-refractivity contribution in [2.45, 2.75) is 168 Å². The van der Waals surface area contributed by atoms with E-state index in [1.807, 2.05) is 77.9 Å². The van der Waals surface area contributed by atoms with Gasteiger partial charge < -0.3 is 39.0 Å². The predicted octanol–water partition coefficient (Wildman–Crippen LogP) is 13.3. The highest BCUT2D eigenvalue weighted by Crippen LogP contribution is 2.50. The summed E-state index contributed by atoms with van der Waals surface area (Å²) in [6.45, 7) is 23.9. The van der Waals surface area contributed by atoms with E-state index < -0.39 is 35.5 Å². The number of carbonyl (C=O) groups excluding carboxylic acids is 3. The molecule has 0 amide bonds. The normalized spacial score (nSPS) is 20.1. The molecule has 0 spiro atoms. The third kappa shape index (κ3) is 14.9. The number of aliphatic hydroxyl groups is 2. The third-order valence-electron chi connectivity index (χ3n) is 19.7. The number of hydrogen-bond donors (Lipinski definition) is 4. The van der Waals surface area contributed by atoms with E-state index in [0.717, 1.165) is 139 Å². The van der Waals surface area contributed by atoms with Crippen molar-refractivity contribution in [1.29, 1.82) is 0 Å². The number of nitrogens with one attached hydrogen (secondary N) is 2. The monoisotopic (exact) mass is 1300 g/mol. The van der Waals surface area contributed by atoms with Gasteiger partial charge in [-0.25, -0.2) is 18.7 Å². The average molecular weight is 1300 g/mol. The summed E-state index contributed by atoms with van der Waals surface area (Å²) in [4.78, 5) is 56.2. The standard InChI is InChI=1S/C73H96Cl2N8O9/c1-72(2,3)91-70(87)82-57-17-15-49(43-80-23-9-7-10-24-80)35-51(57)37-59(82)53-39-61(89-33-13-27-78-29-19-47(45-84)20-30-78)65(74)55-41-76-67(63(53)55)69(86)68-64-54(40-62(66(75)56(64)42-77-68)90-34-14-28-79-31-21-48(46-85)22-32-79)60-38-52-36-50(44-81-25-11-8-12-26-81)16-18-58(52)83(60)71(88)92-73(4,5)6/h15-18,35-40,47-48,67-68,76-77,84-85H,7-14,19-34,41-46H2,1-6H3. The Labute approximate surface area is 552 Å². The van der Waals surface area contributed by atoms with Gasteiger partial charge in [0.1, 0.15) is 22.7 Å². The lowest BCUT2D eigenvalue weighted by atomic mass is 9.87. The molecule has 2 atom stereocenters. The van der Waals surface area contributed by atoms with E-state index in [9.17, 15) is 19.8 Å². The van der Waals surface area contributed by atoms with Crippen LogP contribution in [0.4, 0.5) is 9.59 Å². The van der Waals surface area contributed by atoms with Crippen molar-refractivity contribution in [3.05, 3.63) is 104 Å². The number of Topliss-reactive ketones (excluding diaryl/α,β-unsaturated/α-hetero) is 1. The number of halogens is 2. The second-order valence-corrected chi connectivity index (χ2v) is 29.5. The molecule has 17 nitrogen and oxygen atoms in total. The highest BCUT2D eigenvalue weighted by molar-refractivity contribution is 6.34. The van der Waals surface area contributed by atoms with Crippen LogP contribution in [0.2, 0.25) is 10.0 Å². The first-order chi connectivity index (χ1) is 44.3. The van der Waals surface area contributed by atoms with Gasteiger partial charge in [0.25, 0.3) is 0 Å². The summed E-state index contributed by atoms with van der Waals surface area (Å²) >= 11 is 15.2. The molecule has 6 aliphatic heterocycles. The lowest BCUT2D eigenvalue weighted by molar-refractivity contribution is -0.123. The fraction of sp³-hybridized carbons (Fsp3) is 0.575. The Kier molecular flexibility index (Phi) is 20.8. The van der Waals surface area contributed by atoms with Gasteiger partial charge in [0.05, 0.1) is 57.8 Å². The van der Waals surface area contributed by atoms with Crippen molar-refractivity contribution < 1.29 is 43.5 Å². The molecule has 4 N–H and O–H groups in total. The second kappa shape index (κ2) is 28.8. The fourth-order valence-corrected chi connectivity index (χ4v) is 15.5. The Morgan fingerprint density at radius 1 is 0.522 bits per heavy atom. The molecule has 496 valence electrons. The third-order valence-corrected chi connectivity index (χ3v) is 20.5. The van der Waals surface area contributed by atoms with E-state index in [-0.39, 0.29) is 32.1 Å². The number of piperidine rings is 4. The van der Waals surface area contributed by atoms with E-state index in [4.69, 9.17) is 42.1 Å². The number of rotatable bonds is 20. The topological polar surface area (TPSA) is 175 Å². The van der Waals surface area contributed by atoms with E-state index in [0.29, 0.717) is 102 Å². The predicted molar refractivity (Wildman–Crippen MR) is 363 cm³/mol. The number of hydrogen-bond acceptors (Lipinski definition) is 15. The van der Waals surface area contributed by atoms with Crippen molar-refractivity contribution >= 4 is 63.0 Å². The van der Waals surface area contributed by atoms with Gasteiger partial charge in [-0.15, -0.1) is 0 Å². The molecule has 2 aromatic heterocycles. The lowest BCUT2D eigenvalue weighted by Crippen LogP contribution is -2.35. The number of aromatic nitrogens is 2. The molecule has 6 aromatic rings. The summed E-state index contributed by atoms with van der Waals surface area (Å²) in [6, 6.07) is 18.5. The molecule has 8 heterocycles. The first-order valence-electron chi connectivity index (χ1n) is 34.1. The minimum Gasteiger partial charge on any atom is -0.492 e. The van der Waals surface area contributed by atoms with Gasteiger partial charge in [0, 0.05) is 74.4 Å². The smallest absolute Gasteiger partial charge is 0.419 e. The van der Waals surface area contributed by atoms with E-state index in [2.05, 4.69) is 54.5 Å². The van der Waals surface area contributed by atoms with Crippen molar-refractivity contribution in [3.8, 4) is 34.0 Å². The Balaban J connectivity index is 0.961. The molecular weight excluding hydrogens is 1200 g/mol. The van der Waals surface area contributed by atoms with E-state index in [1.165, 1.54) is 38.5 Å². The molecule has 0 bridgehead atoms. The quantitative estimate of drug-likeness (QED) is 0.0531. The number of ketones is 1. The van der Waals surface area contributed by atoms with Crippen LogP contribution in [0.5, 0.6) is 11.5 Å². The van der Waals surface area contributed by atoms with E-state index >= 15 is 4.79 Å². The molecular formula is C73H96Cl2N8O9. The van der Waals surface area contributed by atoms with Crippen LogP contribution >= 0.6 is 23.2 Å². The maximum Gasteiger partial charge on any atom is 0.419 e. The summed E-state index contributed by atoms with van der Waals surface area (Å²) in [5.74, 6) is 1.38. The molecule has 19 heteroatoms. The molecule has 0 aliphatic carbocycles. The summed E-state index contributed by atoms with van der Waals surface area (Å²) in [5.41, 5.74) is 6.90. The number of ether oxygens (including phenoxy) is 4. The second-order valence-electron chi connectivity index (χ2n) is 28.8. The first kappa shape index (κ1) is 66.5. The largest absolute Gasteiger partial charge is 0.492 e. The Morgan fingerprint density at radius 2 is 0.913 bits per heavy atom. The molecule has 4 fully saturated rings. The SMILES string of the molecule is CC(C)(C)OC(=O)n1c(-c2cc(OCCCN3CCC(CO)CC3)c(Cl)c3c2C(C(=O)C2NCc4c(Cl)c(OCCCN5CCC(CO)CC5)cc(-c5cc6cc(CN7CCCCC7)ccc6n5C(=O)OC(C)(C)C)c42)NC3)cc2cc(CN3CCCCC3)ccc21. The number of aliphatic hydroxyl groups excluding tert-OH is 2. The number of fused-ring (bicyclic) bond motifs is 4. The van der Waals surface area contributed by atoms with Gasteiger partial charge in [-0.05, 0) is 252 Å². The fourth-order valence-electron chi connectivity index (χ4n) is 14.9. The Morgan fingerprint density at radius 3 is 1.28 bits per heavy atom. The number of likely N-dealkylation sites (tertiary alicyclic amines) is 4. The summed E-state index contributed by atoms with van der Waals surface area (Å²) in [5, 5.41) is 29.3. The zero-order valence-corrected chi connectivity index (χ0v) is 56.5. The number of carbonyl (C=O) groups is 3. The van der Waals surface area contributed by atoms with Crippen LogP contribution in [0.1, 0.15) is 164 Å². The van der Waals surface area contributed by atoms with Crippen molar-refractivity contribution in [2.24, 2.45) is 11.8 Å². The van der Waals surface area contributed by atoms with Gasteiger partial charge in [0.15, 0.2) is 5.78 Å². The van der Waals surface area contributed by atoms with Gasteiger partial charge in [-0.2, -0.15) is 0 Å². The highest BCUT2D eigenvalue weighted by atomic mass is 35.5. The van der Waals surface area contributed by atoms with E-state index in [1.54, 1.807) is 9.13 Å². The molecule has 4 aromatic carbocycles. The maximum atomic E-state index is 16.4. The average Bonchev–Trinajstić information content (AvgIpc) is 1.56. The van der Waals surface area contributed by atoms with Crippen LogP contribution in [-0.4, -0.2) is 160 Å². The minimum absolute atomic E-state index is 0.207. The summed E-state index contributed by atoms with van der Waals surface area (Å²) in [6.07, 6.45) is 11.4. The van der Waals surface area contributed by atoms with Gasteiger partial charge in [-0.1, -0.05) is 48.2 Å². The molecule has 12 rings (SSSR count). The number of benzene rings is 4. The molecule has 92 heavy (non-hydrogen) atoms. The summed E-state index contributed by atoms with van der Waals surface area (Å²) in [7, 11) is 0. The zero-order valence-electron chi connectivity index (χ0n) is 55.0. The zero-order chi connectivity index (χ0) is 64.4. The minimum atomic E-state index is -0.962. The van der Waals surface area contributed by atoms with Crippen molar-refractivity contribution in [3.63, 3.8) is 0 Å². The summed E-state index contributed by atoms with van der Waals surface area (Å²) < 4.78 is 29.2. The maximum absolute atomic E-state index is 16.4. The van der Waals surface area contributed by atoms with Crippen LogP contribution in [0, 0.1) is 11.8 Å². The lowest BCUT2D eigenvalue weighted by Gasteiger charge is -2.30. The molecule has 0 saturated carbocycles. The molecule has 2 unspecified atom stereocenters. The Bertz CT molecular complexity index is 3400. The van der Waals surface area contributed by atoms with Crippen LogP contribution in [-0.2, 0) is 40.4 Å². The van der Waals surface area contributed by atoms with Gasteiger partial charge in [-0.3, -0.25) is 25.2 Å².